The van der Waals surface area contributed by atoms with E-state index >= 15 is 0 Å². The van der Waals surface area contributed by atoms with Gasteiger partial charge in [0.15, 0.2) is 0 Å². The number of carbonyl (C=O) groups excluding carboxylic acids is 1. The highest BCUT2D eigenvalue weighted by Gasteiger charge is 2.27. The fourth-order valence-corrected chi connectivity index (χ4v) is 7.47. The minimum atomic E-state index is -3.93. The number of aliphatic carboxylic acids is 1. The molecular formula is C24H25N3O5S3. The Morgan fingerprint density at radius 2 is 2.03 bits per heavy atom. The first-order chi connectivity index (χ1) is 16.5. The van der Waals surface area contributed by atoms with Gasteiger partial charge in [-0.05, 0) is 55.0 Å². The molecule has 3 rings (SSSR count). The number of allylic oxidation sites excluding steroid dienone is 5. The van der Waals surface area contributed by atoms with Crippen LogP contribution in [-0.4, -0.2) is 37.5 Å². The molecule has 0 aliphatic heterocycles. The van der Waals surface area contributed by atoms with Crippen LogP contribution in [0.3, 0.4) is 0 Å². The van der Waals surface area contributed by atoms with Crippen LogP contribution < -0.4 is 11.1 Å². The summed E-state index contributed by atoms with van der Waals surface area (Å²) in [6, 6.07) is 6.77. The molecule has 35 heavy (non-hydrogen) atoms. The second kappa shape index (κ2) is 11.1. The van der Waals surface area contributed by atoms with Crippen molar-refractivity contribution in [2.24, 2.45) is 5.73 Å². The van der Waals surface area contributed by atoms with Gasteiger partial charge in [0, 0.05) is 17.7 Å². The number of carboxylic acids is 1. The van der Waals surface area contributed by atoms with Crippen molar-refractivity contribution in [1.82, 2.24) is 0 Å². The SMILES string of the molecule is CSc1sc(C(=N)N)cc1S(=O)(=O)C1=CC=CCC(c2c(C)cccc2NC(=O)CCC(=O)O)=C1. The zero-order valence-electron chi connectivity index (χ0n) is 19.1. The number of amidine groups is 1. The van der Waals surface area contributed by atoms with E-state index in [9.17, 15) is 18.0 Å². The molecule has 0 radical (unpaired) electrons. The van der Waals surface area contributed by atoms with E-state index in [2.05, 4.69) is 5.32 Å². The standard InChI is InChI=1S/C24H25N3O5S3/c1-14-6-5-9-17(27-20(28)10-11-21(29)30)22(14)15-7-3-4-8-16(12-15)35(31,32)19-13-18(23(25)26)34-24(19)33-2/h3-6,8-9,12-13H,7,10-11H2,1-2H3,(H3,25,26)(H,27,28)(H,29,30). The van der Waals surface area contributed by atoms with Crippen molar-refractivity contribution in [2.75, 3.05) is 11.6 Å². The molecule has 1 aromatic heterocycles. The number of hydrogen-bond donors (Lipinski definition) is 4. The number of anilines is 1. The minimum absolute atomic E-state index is 0.0795. The average Bonchev–Trinajstić information content (AvgIpc) is 3.10. The molecular weight excluding hydrogens is 506 g/mol. The largest absolute Gasteiger partial charge is 0.481 e. The molecule has 0 fully saturated rings. The Morgan fingerprint density at radius 1 is 1.29 bits per heavy atom. The molecule has 0 atom stereocenters. The van der Waals surface area contributed by atoms with Gasteiger partial charge in [-0.2, -0.15) is 0 Å². The number of nitrogens with one attached hydrogen (secondary N) is 2. The number of nitrogens with two attached hydrogens (primary N) is 1. The maximum atomic E-state index is 13.6. The molecule has 0 saturated heterocycles. The minimum Gasteiger partial charge on any atom is -0.481 e. The number of hydrogen-bond acceptors (Lipinski definition) is 7. The van der Waals surface area contributed by atoms with E-state index in [0.717, 1.165) is 16.9 Å². The van der Waals surface area contributed by atoms with Crippen LogP contribution in [0.2, 0.25) is 0 Å². The number of aryl methyl sites for hydroxylation is 1. The number of sulfone groups is 1. The molecule has 1 amide bonds. The second-order valence-electron chi connectivity index (χ2n) is 7.69. The third-order valence-electron chi connectivity index (χ3n) is 5.20. The molecule has 0 bridgehead atoms. The molecule has 1 aliphatic carbocycles. The molecule has 184 valence electrons. The van der Waals surface area contributed by atoms with Gasteiger partial charge in [0.25, 0.3) is 0 Å². The zero-order chi connectivity index (χ0) is 25.8. The summed E-state index contributed by atoms with van der Waals surface area (Å²) in [5.74, 6) is -1.69. The van der Waals surface area contributed by atoms with Crippen LogP contribution in [0.25, 0.3) is 5.57 Å². The van der Waals surface area contributed by atoms with Gasteiger partial charge in [-0.25, -0.2) is 8.42 Å². The number of amides is 1. The van der Waals surface area contributed by atoms with Gasteiger partial charge < -0.3 is 16.2 Å². The van der Waals surface area contributed by atoms with Crippen molar-refractivity contribution in [1.29, 1.82) is 5.41 Å². The highest BCUT2D eigenvalue weighted by Crippen LogP contribution is 2.39. The quantitative estimate of drug-likeness (QED) is 0.210. The van der Waals surface area contributed by atoms with Crippen molar-refractivity contribution in [2.45, 2.75) is 35.3 Å². The summed E-state index contributed by atoms with van der Waals surface area (Å²) in [6.07, 6.45) is 8.37. The third kappa shape index (κ3) is 6.11. The molecule has 5 N–H and O–H groups in total. The summed E-state index contributed by atoms with van der Waals surface area (Å²) in [5, 5.41) is 19.3. The number of thiophene rings is 1. The molecule has 1 aliphatic rings. The number of thioether (sulfide) groups is 1. The molecule has 0 unspecified atom stereocenters. The Morgan fingerprint density at radius 3 is 2.69 bits per heavy atom. The summed E-state index contributed by atoms with van der Waals surface area (Å²) < 4.78 is 27.8. The number of nitrogen functional groups attached to an aromatic ring is 1. The molecule has 0 spiro atoms. The van der Waals surface area contributed by atoms with E-state index < -0.39 is 21.7 Å². The summed E-state index contributed by atoms with van der Waals surface area (Å²) in [5.41, 5.74) is 8.28. The van der Waals surface area contributed by atoms with Crippen LogP contribution in [0.15, 0.2) is 62.6 Å². The molecule has 0 saturated carbocycles. The molecule has 1 aromatic carbocycles. The summed E-state index contributed by atoms with van der Waals surface area (Å²) in [4.78, 5) is 23.7. The smallest absolute Gasteiger partial charge is 0.303 e. The number of benzene rings is 1. The number of rotatable bonds is 9. The van der Waals surface area contributed by atoms with Crippen LogP contribution in [0.1, 0.15) is 35.3 Å². The highest BCUT2D eigenvalue weighted by molar-refractivity contribution is 8.02. The van der Waals surface area contributed by atoms with Gasteiger partial charge in [-0.15, -0.1) is 23.1 Å². The van der Waals surface area contributed by atoms with Gasteiger partial charge in [-0.3, -0.25) is 15.0 Å². The molecule has 2 aromatic rings. The fraction of sp³-hybridized carbons (Fsp3) is 0.208. The Kier molecular flexibility index (Phi) is 8.36. The molecule has 1 heterocycles. The molecule has 11 heteroatoms. The fourth-order valence-electron chi connectivity index (χ4n) is 3.56. The highest BCUT2D eigenvalue weighted by atomic mass is 32.2. The first kappa shape index (κ1) is 26.5. The third-order valence-corrected chi connectivity index (χ3v) is 9.54. The lowest BCUT2D eigenvalue weighted by atomic mass is 9.95. The predicted octanol–water partition coefficient (Wildman–Crippen LogP) is 4.57. The van der Waals surface area contributed by atoms with Crippen LogP contribution >= 0.6 is 23.1 Å². The van der Waals surface area contributed by atoms with E-state index in [1.807, 2.05) is 19.1 Å². The lowest BCUT2D eigenvalue weighted by Gasteiger charge is -2.16. The van der Waals surface area contributed by atoms with Gasteiger partial charge >= 0.3 is 5.97 Å². The number of carboxylic acid groups (broad SMARTS) is 1. The Labute approximate surface area is 212 Å². The summed E-state index contributed by atoms with van der Waals surface area (Å²) in [6.45, 7) is 1.86. The second-order valence-corrected chi connectivity index (χ2v) is 11.7. The predicted molar refractivity (Wildman–Crippen MR) is 141 cm³/mol. The van der Waals surface area contributed by atoms with Crippen molar-refractivity contribution >= 4 is 61.9 Å². The van der Waals surface area contributed by atoms with Crippen LogP contribution in [0.4, 0.5) is 5.69 Å². The number of carbonyl (C=O) groups is 2. The Balaban J connectivity index is 2.05. The average molecular weight is 532 g/mol. The van der Waals surface area contributed by atoms with Gasteiger partial charge in [-0.1, -0.05) is 24.3 Å². The monoisotopic (exact) mass is 531 g/mol. The first-order valence-electron chi connectivity index (χ1n) is 10.5. The molecule has 8 nitrogen and oxygen atoms in total. The van der Waals surface area contributed by atoms with Crippen molar-refractivity contribution < 1.29 is 23.1 Å². The van der Waals surface area contributed by atoms with E-state index in [1.54, 1.807) is 30.5 Å². The van der Waals surface area contributed by atoms with E-state index in [1.165, 1.54) is 23.9 Å². The lowest BCUT2D eigenvalue weighted by molar-refractivity contribution is -0.138. The Hall–Kier alpha value is -3.15. The van der Waals surface area contributed by atoms with Gasteiger partial charge in [0.2, 0.25) is 15.7 Å². The van der Waals surface area contributed by atoms with Crippen molar-refractivity contribution in [3.05, 3.63) is 69.5 Å². The maximum Gasteiger partial charge on any atom is 0.303 e. The zero-order valence-corrected chi connectivity index (χ0v) is 21.6. The summed E-state index contributed by atoms with van der Waals surface area (Å²) in [7, 11) is -3.93. The maximum absolute atomic E-state index is 13.6. The summed E-state index contributed by atoms with van der Waals surface area (Å²) >= 11 is 2.44. The van der Waals surface area contributed by atoms with Crippen LogP contribution in [-0.2, 0) is 19.4 Å². The van der Waals surface area contributed by atoms with E-state index in [4.69, 9.17) is 16.2 Å². The van der Waals surface area contributed by atoms with E-state index in [-0.39, 0.29) is 28.5 Å². The van der Waals surface area contributed by atoms with Crippen LogP contribution in [0.5, 0.6) is 0 Å². The Bertz CT molecular complexity index is 1380. The van der Waals surface area contributed by atoms with Crippen molar-refractivity contribution in [3.8, 4) is 0 Å². The first-order valence-corrected chi connectivity index (χ1v) is 14.0. The van der Waals surface area contributed by atoms with Gasteiger partial charge in [0.05, 0.1) is 25.3 Å². The van der Waals surface area contributed by atoms with Crippen LogP contribution in [0, 0.1) is 12.3 Å². The van der Waals surface area contributed by atoms with Crippen molar-refractivity contribution in [3.63, 3.8) is 0 Å². The lowest BCUT2D eigenvalue weighted by Crippen LogP contribution is -2.15. The van der Waals surface area contributed by atoms with Gasteiger partial charge in [0.1, 0.15) is 5.84 Å². The normalized spacial score (nSPS) is 13.5. The topological polar surface area (TPSA) is 150 Å². The van der Waals surface area contributed by atoms with E-state index in [0.29, 0.717) is 32.3 Å².